The largest absolute Gasteiger partial charge is 0.469 e. The average molecular weight is 287 g/mol. The zero-order valence-electron chi connectivity index (χ0n) is 10.0. The second-order valence-corrected chi connectivity index (χ2v) is 3.91. The zero-order valence-corrected chi connectivity index (χ0v) is 10.8. The molecule has 0 radical (unpaired) electrons. The Hall–Kier alpha value is -2.15. The fourth-order valence-electron chi connectivity index (χ4n) is 1.28. The average Bonchev–Trinajstić information content (AvgIpc) is 2.38. The van der Waals surface area contributed by atoms with E-state index in [1.165, 1.54) is 19.2 Å². The summed E-state index contributed by atoms with van der Waals surface area (Å²) < 4.78 is 4.41. The number of halogens is 1. The molecular formula is C11H11ClN2O5. The first-order valence-electron chi connectivity index (χ1n) is 5.24. The van der Waals surface area contributed by atoms with Crippen LogP contribution in [0.3, 0.4) is 0 Å². The van der Waals surface area contributed by atoms with Crippen LogP contribution in [-0.4, -0.2) is 30.5 Å². The summed E-state index contributed by atoms with van der Waals surface area (Å²) in [5.74, 6) is -0.981. The SMILES string of the molecule is COC(=O)CCNC(=O)c1ccc(Cl)c([N+](=O)[O-])c1. The Kier molecular flexibility index (Phi) is 5.25. The van der Waals surface area contributed by atoms with Gasteiger partial charge in [0.15, 0.2) is 0 Å². The van der Waals surface area contributed by atoms with Crippen LogP contribution in [0.1, 0.15) is 16.8 Å². The zero-order chi connectivity index (χ0) is 14.4. The van der Waals surface area contributed by atoms with Gasteiger partial charge in [0.1, 0.15) is 5.02 Å². The highest BCUT2D eigenvalue weighted by molar-refractivity contribution is 6.32. The second-order valence-electron chi connectivity index (χ2n) is 3.51. The molecule has 1 aromatic rings. The van der Waals surface area contributed by atoms with Crippen molar-refractivity contribution in [1.29, 1.82) is 0 Å². The number of carbonyl (C=O) groups is 2. The van der Waals surface area contributed by atoms with Crippen molar-refractivity contribution in [2.24, 2.45) is 0 Å². The van der Waals surface area contributed by atoms with Crippen LogP contribution < -0.4 is 5.32 Å². The maximum Gasteiger partial charge on any atom is 0.307 e. The van der Waals surface area contributed by atoms with Crippen molar-refractivity contribution in [2.45, 2.75) is 6.42 Å². The third kappa shape index (κ3) is 4.22. The Balaban J connectivity index is 2.70. The molecular weight excluding hydrogens is 276 g/mol. The molecule has 0 aliphatic rings. The number of carbonyl (C=O) groups excluding carboxylic acids is 2. The number of nitrogens with zero attached hydrogens (tertiary/aromatic N) is 1. The number of benzene rings is 1. The van der Waals surface area contributed by atoms with Crippen molar-refractivity contribution in [3.8, 4) is 0 Å². The Morgan fingerprint density at radius 3 is 2.74 bits per heavy atom. The first-order chi connectivity index (χ1) is 8.95. The van der Waals surface area contributed by atoms with Gasteiger partial charge in [0.25, 0.3) is 11.6 Å². The van der Waals surface area contributed by atoms with Gasteiger partial charge >= 0.3 is 5.97 Å². The highest BCUT2D eigenvalue weighted by Crippen LogP contribution is 2.24. The third-order valence-electron chi connectivity index (χ3n) is 2.25. The monoisotopic (exact) mass is 286 g/mol. The second kappa shape index (κ2) is 6.69. The lowest BCUT2D eigenvalue weighted by molar-refractivity contribution is -0.384. The Bertz CT molecular complexity index is 518. The quantitative estimate of drug-likeness (QED) is 0.503. The van der Waals surface area contributed by atoms with Crippen molar-refractivity contribution in [3.05, 3.63) is 38.9 Å². The van der Waals surface area contributed by atoms with E-state index < -0.39 is 16.8 Å². The lowest BCUT2D eigenvalue weighted by Crippen LogP contribution is -2.26. The number of hydrogen-bond donors (Lipinski definition) is 1. The van der Waals surface area contributed by atoms with Crippen molar-refractivity contribution >= 4 is 29.2 Å². The fourth-order valence-corrected chi connectivity index (χ4v) is 1.46. The van der Waals surface area contributed by atoms with Gasteiger partial charge in [-0.3, -0.25) is 19.7 Å². The van der Waals surface area contributed by atoms with Crippen LogP contribution >= 0.6 is 11.6 Å². The predicted octanol–water partition coefficient (Wildman–Crippen LogP) is 1.54. The van der Waals surface area contributed by atoms with Gasteiger partial charge in [-0.1, -0.05) is 11.6 Å². The molecule has 0 heterocycles. The topological polar surface area (TPSA) is 98.5 Å². The first-order valence-corrected chi connectivity index (χ1v) is 5.62. The number of nitro groups is 1. The lowest BCUT2D eigenvalue weighted by atomic mass is 10.2. The highest BCUT2D eigenvalue weighted by atomic mass is 35.5. The Morgan fingerprint density at radius 2 is 2.16 bits per heavy atom. The summed E-state index contributed by atoms with van der Waals surface area (Å²) in [6.45, 7) is 0.0852. The molecule has 19 heavy (non-hydrogen) atoms. The number of nitrogens with one attached hydrogen (secondary N) is 1. The van der Waals surface area contributed by atoms with Gasteiger partial charge in [-0.2, -0.15) is 0 Å². The Morgan fingerprint density at radius 1 is 1.47 bits per heavy atom. The minimum atomic E-state index is -0.673. The van der Waals surface area contributed by atoms with E-state index in [-0.39, 0.29) is 29.2 Å². The number of esters is 1. The lowest BCUT2D eigenvalue weighted by Gasteiger charge is -2.04. The van der Waals surface area contributed by atoms with Gasteiger partial charge < -0.3 is 10.1 Å². The molecule has 1 amide bonds. The smallest absolute Gasteiger partial charge is 0.307 e. The predicted molar refractivity (Wildman–Crippen MR) is 67.1 cm³/mol. The molecule has 7 nitrogen and oxygen atoms in total. The summed E-state index contributed by atoms with van der Waals surface area (Å²) in [5, 5.41) is 13.1. The van der Waals surface area contributed by atoms with Crippen molar-refractivity contribution in [1.82, 2.24) is 5.32 Å². The van der Waals surface area contributed by atoms with Gasteiger partial charge in [-0.05, 0) is 12.1 Å². The van der Waals surface area contributed by atoms with E-state index in [9.17, 15) is 19.7 Å². The molecule has 1 rings (SSSR count). The van der Waals surface area contributed by atoms with Crippen LogP contribution in [0.5, 0.6) is 0 Å². The standard InChI is InChI=1S/C11H11ClN2O5/c1-19-10(15)4-5-13-11(16)7-2-3-8(12)9(6-7)14(17)18/h2-3,6H,4-5H2,1H3,(H,13,16). The van der Waals surface area contributed by atoms with Gasteiger partial charge in [0.05, 0.1) is 18.5 Å². The van der Waals surface area contributed by atoms with E-state index in [1.807, 2.05) is 0 Å². The molecule has 1 N–H and O–H groups in total. The number of ether oxygens (including phenoxy) is 1. The van der Waals surface area contributed by atoms with E-state index in [0.717, 1.165) is 6.07 Å². The van der Waals surface area contributed by atoms with Gasteiger partial charge in [0, 0.05) is 18.2 Å². The molecule has 102 valence electrons. The molecule has 0 spiro atoms. The van der Waals surface area contributed by atoms with Crippen LogP contribution in [0.4, 0.5) is 5.69 Å². The summed E-state index contributed by atoms with van der Waals surface area (Å²) in [4.78, 5) is 32.5. The summed E-state index contributed by atoms with van der Waals surface area (Å²) >= 11 is 5.63. The Labute approximate surface area is 113 Å². The molecule has 0 saturated carbocycles. The summed E-state index contributed by atoms with van der Waals surface area (Å²) in [6, 6.07) is 3.72. The molecule has 0 aliphatic carbocycles. The van der Waals surface area contributed by atoms with Gasteiger partial charge in [-0.25, -0.2) is 0 Å². The first kappa shape index (κ1) is 14.9. The minimum Gasteiger partial charge on any atom is -0.469 e. The number of nitro benzene ring substituents is 1. The van der Waals surface area contributed by atoms with E-state index in [0.29, 0.717) is 0 Å². The summed E-state index contributed by atoms with van der Waals surface area (Å²) in [5.41, 5.74) is -0.247. The van der Waals surface area contributed by atoms with E-state index in [4.69, 9.17) is 11.6 Å². The summed E-state index contributed by atoms with van der Waals surface area (Å²) in [7, 11) is 1.24. The number of rotatable bonds is 5. The van der Waals surface area contributed by atoms with Gasteiger partial charge in [-0.15, -0.1) is 0 Å². The van der Waals surface area contributed by atoms with Crippen molar-refractivity contribution < 1.29 is 19.2 Å². The van der Waals surface area contributed by atoms with Crippen LogP contribution in [0, 0.1) is 10.1 Å². The number of amides is 1. The molecule has 0 aromatic heterocycles. The molecule has 0 fully saturated rings. The normalized spacial score (nSPS) is 9.79. The molecule has 0 aliphatic heterocycles. The molecule has 0 unspecified atom stereocenters. The van der Waals surface area contributed by atoms with E-state index in [1.54, 1.807) is 0 Å². The van der Waals surface area contributed by atoms with Crippen LogP contribution in [-0.2, 0) is 9.53 Å². The third-order valence-corrected chi connectivity index (χ3v) is 2.57. The van der Waals surface area contributed by atoms with Crippen LogP contribution in [0.2, 0.25) is 5.02 Å². The molecule has 0 atom stereocenters. The fraction of sp³-hybridized carbons (Fsp3) is 0.273. The molecule has 1 aromatic carbocycles. The highest BCUT2D eigenvalue weighted by Gasteiger charge is 2.16. The maximum absolute atomic E-state index is 11.7. The molecule has 0 saturated heterocycles. The molecule has 0 bridgehead atoms. The maximum atomic E-state index is 11.7. The van der Waals surface area contributed by atoms with Crippen LogP contribution in [0.25, 0.3) is 0 Å². The summed E-state index contributed by atoms with van der Waals surface area (Å²) in [6.07, 6.45) is 0.0257. The van der Waals surface area contributed by atoms with Gasteiger partial charge in [0.2, 0.25) is 0 Å². The van der Waals surface area contributed by atoms with Crippen molar-refractivity contribution in [2.75, 3.05) is 13.7 Å². The van der Waals surface area contributed by atoms with E-state index >= 15 is 0 Å². The van der Waals surface area contributed by atoms with Crippen LogP contribution in [0.15, 0.2) is 18.2 Å². The number of methoxy groups -OCH3 is 1. The number of hydrogen-bond acceptors (Lipinski definition) is 5. The van der Waals surface area contributed by atoms with Crippen molar-refractivity contribution in [3.63, 3.8) is 0 Å². The minimum absolute atomic E-state index is 0.0257. The molecule has 8 heteroatoms. The van der Waals surface area contributed by atoms with E-state index in [2.05, 4.69) is 10.1 Å².